The van der Waals surface area contributed by atoms with Gasteiger partial charge < -0.3 is 14.6 Å². The summed E-state index contributed by atoms with van der Waals surface area (Å²) < 4.78 is 5.47. The number of nitrogens with zero attached hydrogens (tertiary/aromatic N) is 1. The summed E-state index contributed by atoms with van der Waals surface area (Å²) in [4.78, 5) is 26.1. The predicted octanol–water partition coefficient (Wildman–Crippen LogP) is 4.22. The molecule has 0 saturated heterocycles. The Morgan fingerprint density at radius 2 is 1.71 bits per heavy atom. The third-order valence-corrected chi connectivity index (χ3v) is 4.36. The summed E-state index contributed by atoms with van der Waals surface area (Å²) in [6, 6.07) is 4.93. The number of amides is 2. The zero-order valence-corrected chi connectivity index (χ0v) is 15.4. The van der Waals surface area contributed by atoms with E-state index in [1.807, 2.05) is 6.92 Å². The number of rotatable bonds is 4. The molecule has 1 aromatic carbocycles. The Morgan fingerprint density at radius 3 is 2.21 bits per heavy atom. The molecular formula is C17H18Cl2N2O3. The third kappa shape index (κ3) is 3.74. The highest BCUT2D eigenvalue weighted by Crippen LogP contribution is 2.29. The molecule has 0 saturated carbocycles. The van der Waals surface area contributed by atoms with E-state index < -0.39 is 5.91 Å². The number of carbonyl (C=O) groups is 2. The molecule has 24 heavy (non-hydrogen) atoms. The maximum absolute atomic E-state index is 12.6. The molecule has 0 atom stereocenters. The summed E-state index contributed by atoms with van der Waals surface area (Å²) in [6.45, 7) is 5.20. The molecule has 0 unspecified atom stereocenters. The number of para-hydroxylation sites is 1. The molecule has 0 bridgehead atoms. The zero-order valence-electron chi connectivity index (χ0n) is 13.9. The highest BCUT2D eigenvalue weighted by Gasteiger charge is 2.23. The maximum Gasteiger partial charge on any atom is 0.257 e. The second-order valence-electron chi connectivity index (χ2n) is 5.52. The lowest BCUT2D eigenvalue weighted by Gasteiger charge is -2.17. The van der Waals surface area contributed by atoms with Gasteiger partial charge in [0.25, 0.3) is 5.91 Å². The van der Waals surface area contributed by atoms with Crippen molar-refractivity contribution < 1.29 is 14.0 Å². The average molecular weight is 369 g/mol. The molecule has 2 rings (SSSR count). The van der Waals surface area contributed by atoms with E-state index in [1.165, 1.54) is 4.90 Å². The van der Waals surface area contributed by atoms with Crippen molar-refractivity contribution in [3.05, 3.63) is 50.9 Å². The molecule has 5 nitrogen and oxygen atoms in total. The Hall–Kier alpha value is -1.98. The van der Waals surface area contributed by atoms with Gasteiger partial charge >= 0.3 is 0 Å². The Labute approximate surface area is 150 Å². The highest BCUT2D eigenvalue weighted by molar-refractivity contribution is 6.39. The van der Waals surface area contributed by atoms with E-state index in [0.29, 0.717) is 32.8 Å². The number of benzene rings is 1. The number of furan rings is 1. The molecule has 0 aliphatic carbocycles. The number of likely N-dealkylation sites (N-methyl/N-ethyl adjacent to an activating group) is 1. The zero-order chi connectivity index (χ0) is 18.0. The molecule has 1 aromatic heterocycles. The first-order chi connectivity index (χ1) is 11.2. The van der Waals surface area contributed by atoms with Crippen molar-refractivity contribution in [3.63, 3.8) is 0 Å². The van der Waals surface area contributed by atoms with E-state index >= 15 is 0 Å². The lowest BCUT2D eigenvalue weighted by molar-refractivity contribution is -0.116. The van der Waals surface area contributed by atoms with Gasteiger partial charge in [-0.05, 0) is 32.9 Å². The van der Waals surface area contributed by atoms with Gasteiger partial charge in [-0.25, -0.2) is 0 Å². The van der Waals surface area contributed by atoms with Crippen molar-refractivity contribution in [2.75, 3.05) is 18.9 Å². The third-order valence-electron chi connectivity index (χ3n) is 3.73. The SMILES string of the molecule is Cc1oc(C)c(C(=O)N(C)CC(=O)Nc2c(Cl)cccc2Cl)c1C. The van der Waals surface area contributed by atoms with Gasteiger partial charge in [0, 0.05) is 12.6 Å². The van der Waals surface area contributed by atoms with Crippen LogP contribution < -0.4 is 5.32 Å². The molecule has 2 amide bonds. The molecule has 0 spiro atoms. The second kappa shape index (κ2) is 7.28. The minimum absolute atomic E-state index is 0.135. The van der Waals surface area contributed by atoms with Crippen LogP contribution >= 0.6 is 23.2 Å². The molecule has 0 aliphatic rings. The van der Waals surface area contributed by atoms with E-state index in [1.54, 1.807) is 39.1 Å². The topological polar surface area (TPSA) is 62.6 Å². The lowest BCUT2D eigenvalue weighted by Crippen LogP contribution is -2.35. The largest absolute Gasteiger partial charge is 0.466 e. The van der Waals surface area contributed by atoms with E-state index in [9.17, 15) is 9.59 Å². The van der Waals surface area contributed by atoms with Crippen LogP contribution in [-0.2, 0) is 4.79 Å². The summed E-state index contributed by atoms with van der Waals surface area (Å²) in [7, 11) is 1.55. The van der Waals surface area contributed by atoms with Crippen LogP contribution in [0.5, 0.6) is 0 Å². The fraction of sp³-hybridized carbons (Fsp3) is 0.294. The van der Waals surface area contributed by atoms with Crippen molar-refractivity contribution in [2.24, 2.45) is 0 Å². The van der Waals surface area contributed by atoms with Crippen LogP contribution in [0.15, 0.2) is 22.6 Å². The van der Waals surface area contributed by atoms with Gasteiger partial charge in [-0.3, -0.25) is 9.59 Å². The first-order valence-electron chi connectivity index (χ1n) is 7.28. The van der Waals surface area contributed by atoms with Gasteiger partial charge in [-0.15, -0.1) is 0 Å². The van der Waals surface area contributed by atoms with Gasteiger partial charge in [0.05, 0.1) is 27.8 Å². The van der Waals surface area contributed by atoms with E-state index in [0.717, 1.165) is 5.56 Å². The van der Waals surface area contributed by atoms with Crippen molar-refractivity contribution in [1.82, 2.24) is 4.90 Å². The summed E-state index contributed by atoms with van der Waals surface area (Å²) in [6.07, 6.45) is 0. The predicted molar refractivity (Wildman–Crippen MR) is 95.0 cm³/mol. The van der Waals surface area contributed by atoms with Crippen LogP contribution in [0.1, 0.15) is 27.4 Å². The van der Waals surface area contributed by atoms with Gasteiger partial charge in [-0.1, -0.05) is 29.3 Å². The average Bonchev–Trinajstić information content (AvgIpc) is 2.75. The minimum Gasteiger partial charge on any atom is -0.466 e. The van der Waals surface area contributed by atoms with Crippen LogP contribution in [0, 0.1) is 20.8 Å². The number of anilines is 1. The maximum atomic E-state index is 12.6. The van der Waals surface area contributed by atoms with Crippen LogP contribution in [0.25, 0.3) is 0 Å². The summed E-state index contributed by atoms with van der Waals surface area (Å²) in [5.74, 6) is 0.562. The molecule has 1 N–H and O–H groups in total. The van der Waals surface area contributed by atoms with Crippen LogP contribution in [0.3, 0.4) is 0 Å². The van der Waals surface area contributed by atoms with E-state index in [-0.39, 0.29) is 12.5 Å². The summed E-state index contributed by atoms with van der Waals surface area (Å²) in [5.41, 5.74) is 1.59. The molecule has 1 heterocycles. The van der Waals surface area contributed by atoms with Gasteiger partial charge in [0.1, 0.15) is 11.5 Å². The number of aryl methyl sites for hydroxylation is 2. The fourth-order valence-corrected chi connectivity index (χ4v) is 2.87. The molecule has 0 aliphatic heterocycles. The quantitative estimate of drug-likeness (QED) is 0.878. The monoisotopic (exact) mass is 368 g/mol. The van der Waals surface area contributed by atoms with Crippen LogP contribution in [0.2, 0.25) is 10.0 Å². The smallest absolute Gasteiger partial charge is 0.257 e. The van der Waals surface area contributed by atoms with E-state index in [2.05, 4.69) is 5.32 Å². The van der Waals surface area contributed by atoms with Crippen molar-refractivity contribution in [3.8, 4) is 0 Å². The number of halogens is 2. The number of nitrogens with one attached hydrogen (secondary N) is 1. The normalized spacial score (nSPS) is 10.6. The fourth-order valence-electron chi connectivity index (χ4n) is 2.38. The Bertz CT molecular complexity index is 779. The minimum atomic E-state index is -0.392. The Morgan fingerprint density at radius 1 is 1.12 bits per heavy atom. The molecular weight excluding hydrogens is 351 g/mol. The lowest BCUT2D eigenvalue weighted by atomic mass is 10.1. The molecule has 2 aromatic rings. The highest BCUT2D eigenvalue weighted by atomic mass is 35.5. The Balaban J connectivity index is 2.10. The van der Waals surface area contributed by atoms with Crippen LogP contribution in [0.4, 0.5) is 5.69 Å². The molecule has 0 fully saturated rings. The first kappa shape index (κ1) is 18.4. The van der Waals surface area contributed by atoms with Gasteiger partial charge in [0.15, 0.2) is 0 Å². The Kier molecular flexibility index (Phi) is 5.57. The molecule has 128 valence electrons. The number of hydrogen-bond donors (Lipinski definition) is 1. The number of hydrogen-bond acceptors (Lipinski definition) is 3. The summed E-state index contributed by atoms with van der Waals surface area (Å²) in [5, 5.41) is 3.30. The molecule has 0 radical (unpaired) electrons. The van der Waals surface area contributed by atoms with Crippen LogP contribution in [-0.4, -0.2) is 30.3 Å². The van der Waals surface area contributed by atoms with Crippen molar-refractivity contribution >= 4 is 40.7 Å². The van der Waals surface area contributed by atoms with E-state index in [4.69, 9.17) is 27.6 Å². The second-order valence-corrected chi connectivity index (χ2v) is 6.33. The number of carbonyl (C=O) groups excluding carboxylic acids is 2. The standard InChI is InChI=1S/C17H18Cl2N2O3/c1-9-10(2)24-11(3)15(9)17(23)21(4)8-14(22)20-16-12(18)6-5-7-13(16)19/h5-7H,8H2,1-4H3,(H,20,22). The summed E-state index contributed by atoms with van der Waals surface area (Å²) >= 11 is 12.0. The van der Waals surface area contributed by atoms with Crippen molar-refractivity contribution in [1.29, 1.82) is 0 Å². The first-order valence-corrected chi connectivity index (χ1v) is 8.04. The molecule has 7 heteroatoms. The van der Waals surface area contributed by atoms with Gasteiger partial charge in [0.2, 0.25) is 5.91 Å². The van der Waals surface area contributed by atoms with Gasteiger partial charge in [-0.2, -0.15) is 0 Å². The van der Waals surface area contributed by atoms with Crippen molar-refractivity contribution in [2.45, 2.75) is 20.8 Å².